The number of fused-ring (bicyclic) bond motifs is 1. The standard InChI is InChI=1S/C21H21BrN2O2/c1-20-13-23(12-15-6-4-3-5-7-15)14-21(20,2)19(26)24(18(20)25)17-10-8-16(22)9-11-17/h3-11H,12-14H2,1-2H3/t20-,21+. The summed E-state index contributed by atoms with van der Waals surface area (Å²) in [4.78, 5) is 30.2. The van der Waals surface area contributed by atoms with E-state index < -0.39 is 10.8 Å². The number of carbonyl (C=O) groups is 2. The molecule has 2 aromatic carbocycles. The maximum absolute atomic E-state index is 13.3. The van der Waals surface area contributed by atoms with Crippen LogP contribution in [0.15, 0.2) is 59.1 Å². The Kier molecular flexibility index (Phi) is 4.04. The van der Waals surface area contributed by atoms with Crippen molar-refractivity contribution in [1.82, 2.24) is 4.90 Å². The molecule has 2 saturated heterocycles. The van der Waals surface area contributed by atoms with Crippen molar-refractivity contribution in [3.05, 3.63) is 64.6 Å². The van der Waals surface area contributed by atoms with Crippen LogP contribution in [0.25, 0.3) is 0 Å². The second-order valence-corrected chi connectivity index (χ2v) is 8.63. The molecule has 2 aliphatic heterocycles. The SMILES string of the molecule is C[C@@]12CN(Cc3ccccc3)C[C@]1(C)C(=O)N(c1ccc(Br)cc1)C2=O. The fraction of sp³-hybridized carbons (Fsp3) is 0.333. The molecule has 2 atom stereocenters. The lowest BCUT2D eigenvalue weighted by Gasteiger charge is -2.26. The summed E-state index contributed by atoms with van der Waals surface area (Å²) < 4.78 is 0.923. The predicted octanol–water partition coefficient (Wildman–Crippen LogP) is 3.85. The minimum absolute atomic E-state index is 0.0946. The average Bonchev–Trinajstić information content (AvgIpc) is 2.96. The van der Waals surface area contributed by atoms with E-state index in [0.29, 0.717) is 18.8 Å². The fourth-order valence-electron chi connectivity index (χ4n) is 4.27. The number of likely N-dealkylation sites (tertiary alicyclic amines) is 1. The third-order valence-electron chi connectivity index (χ3n) is 5.98. The van der Waals surface area contributed by atoms with Crippen LogP contribution >= 0.6 is 15.9 Å². The number of hydrogen-bond acceptors (Lipinski definition) is 3. The van der Waals surface area contributed by atoms with Crippen LogP contribution < -0.4 is 4.90 Å². The third-order valence-corrected chi connectivity index (χ3v) is 6.51. The van der Waals surface area contributed by atoms with Crippen LogP contribution in [0.4, 0.5) is 5.69 Å². The van der Waals surface area contributed by atoms with Gasteiger partial charge in [0, 0.05) is 24.1 Å². The lowest BCUT2D eigenvalue weighted by Crippen LogP contribution is -2.38. The first-order chi connectivity index (χ1) is 12.3. The molecule has 0 radical (unpaired) electrons. The first-order valence-corrected chi connectivity index (χ1v) is 9.55. The van der Waals surface area contributed by atoms with E-state index in [-0.39, 0.29) is 11.8 Å². The molecule has 2 amide bonds. The van der Waals surface area contributed by atoms with Crippen LogP contribution in [0.2, 0.25) is 0 Å². The summed E-state index contributed by atoms with van der Waals surface area (Å²) in [7, 11) is 0. The summed E-state index contributed by atoms with van der Waals surface area (Å²) in [6, 6.07) is 17.5. The van der Waals surface area contributed by atoms with Crippen molar-refractivity contribution in [3.8, 4) is 0 Å². The zero-order chi connectivity index (χ0) is 18.5. The Labute approximate surface area is 161 Å². The number of carbonyl (C=O) groups excluding carboxylic acids is 2. The molecule has 2 aliphatic rings. The molecule has 2 fully saturated rings. The molecule has 26 heavy (non-hydrogen) atoms. The summed E-state index contributed by atoms with van der Waals surface area (Å²) in [6.45, 7) is 5.82. The molecule has 4 rings (SSSR count). The molecule has 0 aliphatic carbocycles. The van der Waals surface area contributed by atoms with Gasteiger partial charge in [-0.05, 0) is 43.7 Å². The quantitative estimate of drug-likeness (QED) is 0.718. The highest BCUT2D eigenvalue weighted by Gasteiger charge is 2.68. The Morgan fingerprint density at radius 2 is 1.42 bits per heavy atom. The minimum atomic E-state index is -0.702. The molecule has 0 unspecified atom stereocenters. The minimum Gasteiger partial charge on any atom is -0.297 e. The van der Waals surface area contributed by atoms with E-state index in [0.717, 1.165) is 11.0 Å². The zero-order valence-electron chi connectivity index (χ0n) is 14.9. The van der Waals surface area contributed by atoms with Gasteiger partial charge >= 0.3 is 0 Å². The van der Waals surface area contributed by atoms with Crippen molar-refractivity contribution >= 4 is 33.4 Å². The summed E-state index contributed by atoms with van der Waals surface area (Å²) >= 11 is 3.40. The van der Waals surface area contributed by atoms with Crippen molar-refractivity contribution in [3.63, 3.8) is 0 Å². The molecule has 0 spiro atoms. The number of rotatable bonds is 3. The second-order valence-electron chi connectivity index (χ2n) is 7.72. The molecule has 4 nitrogen and oxygen atoms in total. The number of benzene rings is 2. The van der Waals surface area contributed by atoms with E-state index in [1.54, 1.807) is 0 Å². The van der Waals surface area contributed by atoms with Crippen molar-refractivity contribution in [1.29, 1.82) is 0 Å². The van der Waals surface area contributed by atoms with Gasteiger partial charge < -0.3 is 0 Å². The van der Waals surface area contributed by atoms with E-state index >= 15 is 0 Å². The first-order valence-electron chi connectivity index (χ1n) is 8.76. The highest BCUT2D eigenvalue weighted by molar-refractivity contribution is 9.10. The van der Waals surface area contributed by atoms with Gasteiger partial charge in [0.25, 0.3) is 0 Å². The van der Waals surface area contributed by atoms with Crippen LogP contribution in [0.1, 0.15) is 19.4 Å². The Bertz CT molecular complexity index is 837. The molecule has 0 bridgehead atoms. The van der Waals surface area contributed by atoms with Gasteiger partial charge in [0.05, 0.1) is 16.5 Å². The Hall–Kier alpha value is -1.98. The van der Waals surface area contributed by atoms with Crippen molar-refractivity contribution in [2.75, 3.05) is 18.0 Å². The van der Waals surface area contributed by atoms with Crippen molar-refractivity contribution in [2.45, 2.75) is 20.4 Å². The van der Waals surface area contributed by atoms with E-state index in [2.05, 4.69) is 33.0 Å². The number of anilines is 1. The molecule has 0 saturated carbocycles. The number of halogens is 1. The van der Waals surface area contributed by atoms with Gasteiger partial charge in [-0.1, -0.05) is 46.3 Å². The largest absolute Gasteiger partial charge is 0.297 e. The van der Waals surface area contributed by atoms with Gasteiger partial charge in [-0.2, -0.15) is 0 Å². The lowest BCUT2D eigenvalue weighted by atomic mass is 9.70. The summed E-state index contributed by atoms with van der Waals surface area (Å²) in [5.74, 6) is -0.189. The molecule has 5 heteroatoms. The molecule has 2 aromatic rings. The van der Waals surface area contributed by atoms with Crippen LogP contribution in [0.5, 0.6) is 0 Å². The van der Waals surface area contributed by atoms with Crippen LogP contribution in [-0.4, -0.2) is 29.8 Å². The Morgan fingerprint density at radius 3 is 1.96 bits per heavy atom. The van der Waals surface area contributed by atoms with Crippen LogP contribution in [0, 0.1) is 10.8 Å². The van der Waals surface area contributed by atoms with Crippen molar-refractivity contribution < 1.29 is 9.59 Å². The van der Waals surface area contributed by atoms with E-state index in [9.17, 15) is 9.59 Å². The Morgan fingerprint density at radius 1 is 0.885 bits per heavy atom. The number of amides is 2. The summed E-state index contributed by atoms with van der Waals surface area (Å²) in [5.41, 5.74) is 0.441. The molecular weight excluding hydrogens is 392 g/mol. The highest BCUT2D eigenvalue weighted by Crippen LogP contribution is 2.54. The fourth-order valence-corrected chi connectivity index (χ4v) is 4.53. The summed E-state index contributed by atoms with van der Waals surface area (Å²) in [6.07, 6.45) is 0. The van der Waals surface area contributed by atoms with Crippen LogP contribution in [0.3, 0.4) is 0 Å². The second kappa shape index (κ2) is 6.03. The molecule has 0 N–H and O–H groups in total. The predicted molar refractivity (Wildman–Crippen MR) is 105 cm³/mol. The van der Waals surface area contributed by atoms with Gasteiger partial charge in [-0.25, -0.2) is 4.90 Å². The van der Waals surface area contributed by atoms with Gasteiger partial charge in [0.2, 0.25) is 11.8 Å². The van der Waals surface area contributed by atoms with Gasteiger partial charge in [-0.3, -0.25) is 14.5 Å². The molecule has 0 aromatic heterocycles. The van der Waals surface area contributed by atoms with Gasteiger partial charge in [0.15, 0.2) is 0 Å². The monoisotopic (exact) mass is 412 g/mol. The molecule has 134 valence electrons. The van der Waals surface area contributed by atoms with E-state index in [1.807, 2.05) is 56.3 Å². The van der Waals surface area contributed by atoms with E-state index in [4.69, 9.17) is 0 Å². The first kappa shape index (κ1) is 17.4. The van der Waals surface area contributed by atoms with Gasteiger partial charge in [0.1, 0.15) is 0 Å². The van der Waals surface area contributed by atoms with Gasteiger partial charge in [-0.15, -0.1) is 0 Å². The van der Waals surface area contributed by atoms with Crippen LogP contribution in [-0.2, 0) is 16.1 Å². The highest BCUT2D eigenvalue weighted by atomic mass is 79.9. The maximum atomic E-state index is 13.3. The normalized spacial score (nSPS) is 28.7. The topological polar surface area (TPSA) is 40.6 Å². The lowest BCUT2D eigenvalue weighted by molar-refractivity contribution is -0.128. The summed E-state index contributed by atoms with van der Waals surface area (Å²) in [5, 5.41) is 0. The molecular formula is C21H21BrN2O2. The number of imide groups is 1. The smallest absolute Gasteiger partial charge is 0.242 e. The number of hydrogen-bond donors (Lipinski definition) is 0. The number of nitrogens with zero attached hydrogens (tertiary/aromatic N) is 2. The maximum Gasteiger partial charge on any atom is 0.242 e. The Balaban J connectivity index is 1.63. The zero-order valence-corrected chi connectivity index (χ0v) is 16.5. The van der Waals surface area contributed by atoms with Crippen molar-refractivity contribution in [2.24, 2.45) is 10.8 Å². The third kappa shape index (κ3) is 2.45. The van der Waals surface area contributed by atoms with E-state index in [1.165, 1.54) is 10.5 Å². The molecule has 2 heterocycles. The average molecular weight is 413 g/mol.